The van der Waals surface area contributed by atoms with Crippen molar-refractivity contribution in [1.29, 1.82) is 0 Å². The number of allylic oxidation sites excluding steroid dienone is 4. The number of methoxy groups -OCH3 is 1. The van der Waals surface area contributed by atoms with E-state index in [4.69, 9.17) is 18.9 Å². The number of rotatable bonds is 5. The van der Waals surface area contributed by atoms with Gasteiger partial charge in [-0.25, -0.2) is 0 Å². The number of benzene rings is 1. The lowest BCUT2D eigenvalue weighted by molar-refractivity contribution is -0.252. The Balaban J connectivity index is 1.21. The van der Waals surface area contributed by atoms with Crippen molar-refractivity contribution in [3.8, 4) is 5.75 Å². The molecule has 4 aliphatic carbocycles. The van der Waals surface area contributed by atoms with Crippen molar-refractivity contribution in [2.75, 3.05) is 27.1 Å². The molecule has 0 amide bonds. The van der Waals surface area contributed by atoms with E-state index in [2.05, 4.69) is 37.3 Å². The maximum atomic E-state index is 6.43. The standard InChI is InChI=1S/C29H36O4/c1-27-15-12-26-24(11-16-29-14-4-3-13-28(26,29)19-32-20-33-29)25(27)10-7-22(27)18-31-17-21-5-8-23(30-2)9-6-21/h3,5-6,8-10,13,22H,4,7,11-12,14-20H2,1-2H3/t22-,27-,28+,29+/m1/s1. The molecule has 0 aromatic heterocycles. The van der Waals surface area contributed by atoms with Gasteiger partial charge in [0.15, 0.2) is 0 Å². The van der Waals surface area contributed by atoms with Gasteiger partial charge in [0.05, 0.1) is 37.9 Å². The molecule has 1 fully saturated rings. The highest BCUT2D eigenvalue weighted by molar-refractivity contribution is 5.53. The van der Waals surface area contributed by atoms with E-state index >= 15 is 0 Å². The monoisotopic (exact) mass is 448 g/mol. The number of ether oxygens (including phenoxy) is 4. The Kier molecular flexibility index (Phi) is 5.32. The molecule has 1 heterocycles. The minimum Gasteiger partial charge on any atom is -0.497 e. The van der Waals surface area contributed by atoms with E-state index < -0.39 is 0 Å². The highest BCUT2D eigenvalue weighted by Crippen LogP contribution is 2.64. The average Bonchev–Trinajstić information content (AvgIpc) is 3.19. The van der Waals surface area contributed by atoms with Crippen molar-refractivity contribution in [2.24, 2.45) is 16.7 Å². The Labute approximate surface area is 197 Å². The van der Waals surface area contributed by atoms with Gasteiger partial charge in [0.25, 0.3) is 0 Å². The Bertz CT molecular complexity index is 1000. The molecule has 0 radical (unpaired) electrons. The van der Waals surface area contributed by atoms with E-state index in [1.54, 1.807) is 23.8 Å². The molecule has 0 spiro atoms. The molecule has 4 heteroatoms. The number of hydrogen-bond donors (Lipinski definition) is 0. The summed E-state index contributed by atoms with van der Waals surface area (Å²) in [5.74, 6) is 1.43. The van der Waals surface area contributed by atoms with E-state index in [0.29, 0.717) is 19.3 Å². The van der Waals surface area contributed by atoms with Gasteiger partial charge in [-0.1, -0.05) is 42.9 Å². The van der Waals surface area contributed by atoms with Gasteiger partial charge in [-0.05, 0) is 85.1 Å². The maximum absolute atomic E-state index is 6.43. The van der Waals surface area contributed by atoms with Crippen LogP contribution in [0, 0.1) is 16.7 Å². The molecule has 1 aliphatic heterocycles. The largest absolute Gasteiger partial charge is 0.497 e. The van der Waals surface area contributed by atoms with Gasteiger partial charge in [-0.2, -0.15) is 0 Å². The lowest BCUT2D eigenvalue weighted by atomic mass is 9.51. The number of fused-ring (bicyclic) bond motifs is 2. The summed E-state index contributed by atoms with van der Waals surface area (Å²) in [5, 5.41) is 0. The van der Waals surface area contributed by atoms with E-state index in [1.807, 2.05) is 12.1 Å². The van der Waals surface area contributed by atoms with Crippen LogP contribution >= 0.6 is 0 Å². The molecular formula is C29H36O4. The Morgan fingerprint density at radius 2 is 1.97 bits per heavy atom. The van der Waals surface area contributed by atoms with Crippen LogP contribution in [0.4, 0.5) is 0 Å². The van der Waals surface area contributed by atoms with Gasteiger partial charge in [0.2, 0.25) is 0 Å². The van der Waals surface area contributed by atoms with Gasteiger partial charge in [-0.3, -0.25) is 0 Å². The SMILES string of the molecule is COc1ccc(COC[C@H]2CC=C3C4=C(CC[C@@]32C)[C@@]23C=CCC[C@@]2(CC4)OCOC3)cc1. The van der Waals surface area contributed by atoms with E-state index in [1.165, 1.54) is 12.0 Å². The van der Waals surface area contributed by atoms with Crippen LogP contribution < -0.4 is 4.74 Å². The summed E-state index contributed by atoms with van der Waals surface area (Å²) in [6, 6.07) is 8.20. The minimum absolute atomic E-state index is 0.0490. The van der Waals surface area contributed by atoms with Crippen LogP contribution in [0.1, 0.15) is 57.4 Å². The van der Waals surface area contributed by atoms with Gasteiger partial charge < -0.3 is 18.9 Å². The minimum atomic E-state index is -0.0534. The summed E-state index contributed by atoms with van der Waals surface area (Å²) >= 11 is 0. The first-order valence-electron chi connectivity index (χ1n) is 12.6. The second-order valence-electron chi connectivity index (χ2n) is 10.8. The van der Waals surface area contributed by atoms with Crippen molar-refractivity contribution in [3.05, 3.63) is 64.8 Å². The van der Waals surface area contributed by atoms with Crippen molar-refractivity contribution in [2.45, 2.75) is 64.1 Å². The van der Waals surface area contributed by atoms with Crippen molar-refractivity contribution < 1.29 is 18.9 Å². The van der Waals surface area contributed by atoms with Crippen molar-refractivity contribution in [1.82, 2.24) is 0 Å². The van der Waals surface area contributed by atoms with E-state index in [-0.39, 0.29) is 16.4 Å². The highest BCUT2D eigenvalue weighted by Gasteiger charge is 2.61. The fraction of sp³-hybridized carbons (Fsp3) is 0.586. The van der Waals surface area contributed by atoms with Crippen molar-refractivity contribution >= 4 is 0 Å². The lowest BCUT2D eigenvalue weighted by Crippen LogP contribution is -2.60. The Hall–Kier alpha value is -1.88. The molecule has 0 unspecified atom stereocenters. The van der Waals surface area contributed by atoms with Crippen molar-refractivity contribution in [3.63, 3.8) is 0 Å². The van der Waals surface area contributed by atoms with Gasteiger partial charge in [-0.15, -0.1) is 0 Å². The van der Waals surface area contributed by atoms with Crippen LogP contribution in [-0.2, 0) is 20.8 Å². The second-order valence-corrected chi connectivity index (χ2v) is 10.8. The Morgan fingerprint density at radius 3 is 2.82 bits per heavy atom. The molecule has 0 N–H and O–H groups in total. The first kappa shape index (κ1) is 21.6. The summed E-state index contributed by atoms with van der Waals surface area (Å²) in [4.78, 5) is 0. The van der Waals surface area contributed by atoms with Crippen LogP contribution in [0.15, 0.2) is 59.2 Å². The summed E-state index contributed by atoms with van der Waals surface area (Å²) in [7, 11) is 1.70. The van der Waals surface area contributed by atoms with Gasteiger partial charge in [0.1, 0.15) is 12.5 Å². The Morgan fingerprint density at radius 1 is 1.09 bits per heavy atom. The van der Waals surface area contributed by atoms with Crippen LogP contribution in [0.3, 0.4) is 0 Å². The first-order valence-corrected chi connectivity index (χ1v) is 12.6. The summed E-state index contributed by atoms with van der Waals surface area (Å²) in [6.07, 6.45) is 15.3. The summed E-state index contributed by atoms with van der Waals surface area (Å²) in [6.45, 7) is 5.19. The fourth-order valence-electron chi connectivity index (χ4n) is 7.47. The average molecular weight is 449 g/mol. The third kappa shape index (κ3) is 3.21. The predicted octanol–water partition coefficient (Wildman–Crippen LogP) is 6.13. The maximum Gasteiger partial charge on any atom is 0.147 e. The summed E-state index contributed by atoms with van der Waals surface area (Å²) in [5.41, 5.74) is 6.16. The van der Waals surface area contributed by atoms with Crippen LogP contribution in [0.25, 0.3) is 0 Å². The third-order valence-corrected chi connectivity index (χ3v) is 9.45. The molecule has 0 saturated carbocycles. The topological polar surface area (TPSA) is 36.9 Å². The van der Waals surface area contributed by atoms with Crippen LogP contribution in [0.2, 0.25) is 0 Å². The zero-order chi connectivity index (χ0) is 22.5. The fourth-order valence-corrected chi connectivity index (χ4v) is 7.47. The highest BCUT2D eigenvalue weighted by atomic mass is 16.7. The molecule has 0 bridgehead atoms. The summed E-state index contributed by atoms with van der Waals surface area (Å²) < 4.78 is 23.9. The van der Waals surface area contributed by atoms with E-state index in [0.717, 1.165) is 57.5 Å². The molecule has 1 saturated heterocycles. The molecule has 33 heavy (non-hydrogen) atoms. The smallest absolute Gasteiger partial charge is 0.147 e. The van der Waals surface area contributed by atoms with Crippen LogP contribution in [-0.4, -0.2) is 32.7 Å². The number of hydrogen-bond acceptors (Lipinski definition) is 4. The molecule has 176 valence electrons. The quantitative estimate of drug-likeness (QED) is 0.508. The molecule has 5 aliphatic rings. The first-order chi connectivity index (χ1) is 16.1. The normalized spacial score (nSPS) is 37.0. The zero-order valence-corrected chi connectivity index (χ0v) is 20.0. The molecule has 4 atom stereocenters. The van der Waals surface area contributed by atoms with Gasteiger partial charge >= 0.3 is 0 Å². The molecule has 1 aromatic rings. The van der Waals surface area contributed by atoms with Crippen LogP contribution in [0.5, 0.6) is 5.75 Å². The molecule has 4 nitrogen and oxygen atoms in total. The second kappa shape index (κ2) is 8.11. The molecule has 1 aromatic carbocycles. The third-order valence-electron chi connectivity index (χ3n) is 9.45. The predicted molar refractivity (Wildman–Crippen MR) is 128 cm³/mol. The molecule has 6 rings (SSSR count). The lowest BCUT2D eigenvalue weighted by Gasteiger charge is -2.59. The zero-order valence-electron chi connectivity index (χ0n) is 20.0. The molecular weight excluding hydrogens is 412 g/mol. The van der Waals surface area contributed by atoms with E-state index in [9.17, 15) is 0 Å². The van der Waals surface area contributed by atoms with Gasteiger partial charge in [0, 0.05) is 0 Å².